The molecule has 3 aromatic heterocycles. The molecule has 5 aromatic rings. The van der Waals surface area contributed by atoms with E-state index in [1.807, 2.05) is 61.5 Å². The van der Waals surface area contributed by atoms with Gasteiger partial charge in [-0.15, -0.1) is 5.10 Å². The van der Waals surface area contributed by atoms with E-state index in [0.29, 0.717) is 16.9 Å². The van der Waals surface area contributed by atoms with Crippen LogP contribution in [0.3, 0.4) is 0 Å². The lowest BCUT2D eigenvalue weighted by atomic mass is 10.1. The van der Waals surface area contributed by atoms with E-state index in [1.54, 1.807) is 16.9 Å². The molecule has 0 radical (unpaired) electrons. The molecular weight excluding hydrogens is 404 g/mol. The van der Waals surface area contributed by atoms with E-state index in [0.717, 1.165) is 23.2 Å². The number of rotatable bonds is 5. The number of aromatic nitrogens is 5. The molecule has 8 heteroatoms. The average Bonchev–Trinajstić information content (AvgIpc) is 3.36. The normalized spacial score (nSPS) is 11.3. The Kier molecular flexibility index (Phi) is 4.82. The third-order valence-corrected chi connectivity index (χ3v) is 5.45. The molecular formula is C24H22N6O2. The van der Waals surface area contributed by atoms with Gasteiger partial charge in [-0.1, -0.05) is 48.9 Å². The molecule has 0 aliphatic heterocycles. The summed E-state index contributed by atoms with van der Waals surface area (Å²) in [5.74, 6) is -0.311. The van der Waals surface area contributed by atoms with Crippen LogP contribution in [0.5, 0.6) is 0 Å². The third-order valence-electron chi connectivity index (χ3n) is 5.45. The standard InChI is InChI=1S/C24H22N6O2/c1-3-17-5-4-6-19(13-17)25-22(31)15-30-24(32)28-11-12-29-21(23(28)27-30)14-20(26-29)18-9-7-16(2)8-10-18/h4-14H,3,15H2,1-2H3,(H,25,31). The lowest BCUT2D eigenvalue weighted by Crippen LogP contribution is -2.28. The van der Waals surface area contributed by atoms with Crippen LogP contribution in [-0.4, -0.2) is 29.7 Å². The van der Waals surface area contributed by atoms with Gasteiger partial charge in [0.05, 0.1) is 5.69 Å². The Hall–Kier alpha value is -4.20. The van der Waals surface area contributed by atoms with E-state index in [1.165, 1.54) is 14.6 Å². The van der Waals surface area contributed by atoms with Crippen molar-refractivity contribution in [3.63, 3.8) is 0 Å². The fraction of sp³-hybridized carbons (Fsp3) is 0.167. The summed E-state index contributed by atoms with van der Waals surface area (Å²) in [6, 6.07) is 17.6. The van der Waals surface area contributed by atoms with Crippen LogP contribution in [0.1, 0.15) is 18.1 Å². The van der Waals surface area contributed by atoms with Crippen molar-refractivity contribution in [2.75, 3.05) is 5.32 Å². The van der Waals surface area contributed by atoms with Gasteiger partial charge in [0.15, 0.2) is 5.65 Å². The van der Waals surface area contributed by atoms with Gasteiger partial charge in [-0.2, -0.15) is 5.10 Å². The first kappa shape index (κ1) is 19.7. The number of nitrogens with zero attached hydrogens (tertiary/aromatic N) is 5. The molecule has 0 unspecified atom stereocenters. The van der Waals surface area contributed by atoms with E-state index in [9.17, 15) is 9.59 Å². The number of carbonyl (C=O) groups is 1. The lowest BCUT2D eigenvalue weighted by Gasteiger charge is -2.06. The van der Waals surface area contributed by atoms with Gasteiger partial charge >= 0.3 is 5.69 Å². The largest absolute Gasteiger partial charge is 0.350 e. The molecule has 8 nitrogen and oxygen atoms in total. The van der Waals surface area contributed by atoms with Gasteiger partial charge in [-0.3, -0.25) is 4.79 Å². The van der Waals surface area contributed by atoms with Crippen LogP contribution in [-0.2, 0) is 17.8 Å². The van der Waals surface area contributed by atoms with Crippen LogP contribution in [0.2, 0.25) is 0 Å². The van der Waals surface area contributed by atoms with Gasteiger partial charge in [0.1, 0.15) is 12.1 Å². The molecule has 0 spiro atoms. The second kappa shape index (κ2) is 7.81. The molecule has 0 bridgehead atoms. The van der Waals surface area contributed by atoms with Crippen molar-refractivity contribution in [3.05, 3.63) is 88.6 Å². The number of nitrogens with one attached hydrogen (secondary N) is 1. The molecule has 5 rings (SSSR count). The second-order valence-corrected chi connectivity index (χ2v) is 7.76. The molecule has 0 aliphatic carbocycles. The van der Waals surface area contributed by atoms with Crippen molar-refractivity contribution in [1.29, 1.82) is 0 Å². The number of anilines is 1. The Morgan fingerprint density at radius 3 is 2.62 bits per heavy atom. The first-order valence-corrected chi connectivity index (χ1v) is 10.5. The summed E-state index contributed by atoms with van der Waals surface area (Å²) in [5.41, 5.74) is 5.52. The molecule has 0 aliphatic rings. The van der Waals surface area contributed by atoms with Crippen molar-refractivity contribution >= 4 is 22.8 Å². The summed E-state index contributed by atoms with van der Waals surface area (Å²) < 4.78 is 4.30. The maximum absolute atomic E-state index is 12.8. The lowest BCUT2D eigenvalue weighted by molar-refractivity contribution is -0.117. The first-order chi connectivity index (χ1) is 15.5. The van der Waals surface area contributed by atoms with Crippen molar-refractivity contribution in [2.24, 2.45) is 0 Å². The minimum Gasteiger partial charge on any atom is -0.324 e. The van der Waals surface area contributed by atoms with E-state index in [2.05, 4.69) is 22.4 Å². The first-order valence-electron chi connectivity index (χ1n) is 10.5. The van der Waals surface area contributed by atoms with Gasteiger partial charge in [0.25, 0.3) is 0 Å². The zero-order valence-electron chi connectivity index (χ0n) is 17.8. The van der Waals surface area contributed by atoms with Crippen molar-refractivity contribution in [3.8, 4) is 11.3 Å². The molecule has 0 atom stereocenters. The average molecular weight is 426 g/mol. The quantitative estimate of drug-likeness (QED) is 0.467. The van der Waals surface area contributed by atoms with Gasteiger partial charge in [-0.05, 0) is 37.1 Å². The minimum absolute atomic E-state index is 0.179. The van der Waals surface area contributed by atoms with Gasteiger partial charge in [0.2, 0.25) is 5.91 Å². The highest BCUT2D eigenvalue weighted by molar-refractivity contribution is 5.90. The predicted molar refractivity (Wildman–Crippen MR) is 123 cm³/mol. The number of fused-ring (bicyclic) bond motifs is 3. The minimum atomic E-state index is -0.377. The van der Waals surface area contributed by atoms with Crippen LogP contribution in [0, 0.1) is 6.92 Å². The highest BCUT2D eigenvalue weighted by Crippen LogP contribution is 2.21. The molecule has 32 heavy (non-hydrogen) atoms. The van der Waals surface area contributed by atoms with Crippen LogP contribution in [0.25, 0.3) is 22.4 Å². The molecule has 0 saturated heterocycles. The fourth-order valence-corrected chi connectivity index (χ4v) is 3.71. The maximum Gasteiger partial charge on any atom is 0.350 e. The summed E-state index contributed by atoms with van der Waals surface area (Å²) in [4.78, 5) is 25.4. The Bertz CT molecular complexity index is 1510. The monoisotopic (exact) mass is 426 g/mol. The molecule has 160 valence electrons. The van der Waals surface area contributed by atoms with Gasteiger partial charge < -0.3 is 5.32 Å². The molecule has 1 amide bonds. The smallest absolute Gasteiger partial charge is 0.324 e. The maximum atomic E-state index is 12.8. The summed E-state index contributed by atoms with van der Waals surface area (Å²) in [6.45, 7) is 3.91. The van der Waals surface area contributed by atoms with Crippen LogP contribution >= 0.6 is 0 Å². The highest BCUT2D eigenvalue weighted by Gasteiger charge is 2.15. The fourth-order valence-electron chi connectivity index (χ4n) is 3.71. The number of hydrogen-bond acceptors (Lipinski definition) is 4. The zero-order chi connectivity index (χ0) is 22.2. The number of benzene rings is 2. The van der Waals surface area contributed by atoms with E-state index < -0.39 is 0 Å². The predicted octanol–water partition coefficient (Wildman–Crippen LogP) is 3.32. The molecule has 0 fully saturated rings. The van der Waals surface area contributed by atoms with Crippen molar-refractivity contribution in [2.45, 2.75) is 26.8 Å². The summed E-state index contributed by atoms with van der Waals surface area (Å²) >= 11 is 0. The summed E-state index contributed by atoms with van der Waals surface area (Å²) in [6.07, 6.45) is 4.20. The third kappa shape index (κ3) is 3.56. The molecule has 3 heterocycles. The van der Waals surface area contributed by atoms with Gasteiger partial charge in [-0.25, -0.2) is 18.4 Å². The number of aryl methyl sites for hydroxylation is 2. The Labute approximate surface area is 183 Å². The van der Waals surface area contributed by atoms with E-state index >= 15 is 0 Å². The van der Waals surface area contributed by atoms with Crippen LogP contribution < -0.4 is 11.0 Å². The van der Waals surface area contributed by atoms with E-state index in [4.69, 9.17) is 0 Å². The van der Waals surface area contributed by atoms with Gasteiger partial charge in [0, 0.05) is 23.6 Å². The summed E-state index contributed by atoms with van der Waals surface area (Å²) in [5, 5.41) is 11.9. The molecule has 0 saturated carbocycles. The number of carbonyl (C=O) groups excluding carboxylic acids is 1. The Morgan fingerprint density at radius 2 is 1.84 bits per heavy atom. The number of hydrogen-bond donors (Lipinski definition) is 1. The zero-order valence-corrected chi connectivity index (χ0v) is 17.8. The molecule has 2 aromatic carbocycles. The molecule has 1 N–H and O–H groups in total. The van der Waals surface area contributed by atoms with E-state index in [-0.39, 0.29) is 18.1 Å². The van der Waals surface area contributed by atoms with Crippen molar-refractivity contribution < 1.29 is 4.79 Å². The second-order valence-electron chi connectivity index (χ2n) is 7.76. The topological polar surface area (TPSA) is 85.7 Å². The van der Waals surface area contributed by atoms with Crippen molar-refractivity contribution in [1.82, 2.24) is 23.8 Å². The Morgan fingerprint density at radius 1 is 1.03 bits per heavy atom. The number of amides is 1. The SMILES string of the molecule is CCc1cccc(NC(=O)Cn2nc3c4cc(-c5ccc(C)cc5)nn4ccn3c2=O)c1. The summed E-state index contributed by atoms with van der Waals surface area (Å²) in [7, 11) is 0. The van der Waals surface area contributed by atoms with Crippen LogP contribution in [0.15, 0.2) is 71.8 Å². The highest BCUT2D eigenvalue weighted by atomic mass is 16.2. The van der Waals surface area contributed by atoms with Crippen LogP contribution in [0.4, 0.5) is 5.69 Å². The Balaban J connectivity index is 1.47.